The van der Waals surface area contributed by atoms with Crippen molar-refractivity contribution in [3.05, 3.63) is 135 Å². The van der Waals surface area contributed by atoms with Crippen molar-refractivity contribution in [3.63, 3.8) is 0 Å². The molecule has 2 amide bonds. The molecule has 4 aromatic carbocycles. The molecule has 0 aliphatic heterocycles. The highest BCUT2D eigenvalue weighted by molar-refractivity contribution is 7.09. The molecule has 5 rings (SSSR count). The smallest absolute Gasteiger partial charge is 0.253 e. The number of amides is 2. The van der Waals surface area contributed by atoms with Crippen LogP contribution in [0, 0.1) is 6.92 Å². The Balaban J connectivity index is 1.26. The summed E-state index contributed by atoms with van der Waals surface area (Å²) < 4.78 is 0. The average Bonchev–Trinajstić information content (AvgIpc) is 3.44. The average molecular weight is 593 g/mol. The maximum atomic E-state index is 13.5. The van der Waals surface area contributed by atoms with E-state index in [0.717, 1.165) is 21.8 Å². The molecular weight excluding hydrogens is 556 g/mol. The third-order valence-electron chi connectivity index (χ3n) is 7.39. The number of hydrogen-bond acceptors (Lipinski definition) is 6. The van der Waals surface area contributed by atoms with Gasteiger partial charge in [-0.25, -0.2) is 4.98 Å². The molecule has 7 nitrogen and oxygen atoms in total. The Morgan fingerprint density at radius 2 is 1.65 bits per heavy atom. The molecule has 0 aliphatic rings. The van der Waals surface area contributed by atoms with Crippen LogP contribution in [0.25, 0.3) is 10.8 Å². The van der Waals surface area contributed by atoms with E-state index in [9.17, 15) is 14.7 Å². The molecule has 5 aromatic rings. The summed E-state index contributed by atoms with van der Waals surface area (Å²) in [6.45, 7) is 3.20. The van der Waals surface area contributed by atoms with Crippen LogP contribution in [0.5, 0.6) is 0 Å². The van der Waals surface area contributed by atoms with Gasteiger partial charge >= 0.3 is 0 Å². The standard InChI is InChI=1S/C35H36N4O3S/c1-24-23-43-33(37-24)22-39(2)35(42)28-15-9-14-27(19-28)34(41)38-31(18-25-10-4-3-5-11-25)32(40)21-36-20-29-16-8-13-26-12-6-7-17-30(26)29/h3-17,19,23,31-32,36,40H,18,20-22H2,1-2H3,(H,38,41)/t31-,32+/m0/s1. The fraction of sp³-hybridized carbons (Fsp3) is 0.229. The minimum Gasteiger partial charge on any atom is -0.390 e. The van der Waals surface area contributed by atoms with E-state index in [1.165, 1.54) is 22.1 Å². The zero-order valence-electron chi connectivity index (χ0n) is 24.4. The van der Waals surface area contributed by atoms with Crippen LogP contribution < -0.4 is 10.6 Å². The highest BCUT2D eigenvalue weighted by atomic mass is 32.1. The van der Waals surface area contributed by atoms with Crippen molar-refractivity contribution in [1.82, 2.24) is 20.5 Å². The summed E-state index contributed by atoms with van der Waals surface area (Å²) in [5, 5.41) is 22.8. The summed E-state index contributed by atoms with van der Waals surface area (Å²) in [5.74, 6) is -0.539. The number of rotatable bonds is 12. The monoisotopic (exact) mass is 592 g/mol. The first-order valence-corrected chi connectivity index (χ1v) is 15.2. The van der Waals surface area contributed by atoms with Crippen LogP contribution in [-0.4, -0.2) is 52.5 Å². The molecule has 3 N–H and O–H groups in total. The number of thiazole rings is 1. The quantitative estimate of drug-likeness (QED) is 0.181. The van der Waals surface area contributed by atoms with Gasteiger partial charge in [0.2, 0.25) is 0 Å². The Bertz CT molecular complexity index is 1680. The number of carbonyl (C=O) groups excluding carboxylic acids is 2. The molecule has 0 saturated carbocycles. The van der Waals surface area contributed by atoms with Crippen LogP contribution >= 0.6 is 11.3 Å². The van der Waals surface area contributed by atoms with E-state index < -0.39 is 12.1 Å². The van der Waals surface area contributed by atoms with Crippen LogP contribution in [0.4, 0.5) is 0 Å². The maximum Gasteiger partial charge on any atom is 0.253 e. The molecule has 0 aliphatic carbocycles. The molecule has 0 unspecified atom stereocenters. The minimum absolute atomic E-state index is 0.194. The number of aryl methyl sites for hydroxylation is 1. The Morgan fingerprint density at radius 1 is 0.930 bits per heavy atom. The number of hydrogen-bond donors (Lipinski definition) is 3. The summed E-state index contributed by atoms with van der Waals surface area (Å²) in [4.78, 5) is 32.6. The number of nitrogens with one attached hydrogen (secondary N) is 2. The highest BCUT2D eigenvalue weighted by Crippen LogP contribution is 2.19. The van der Waals surface area contributed by atoms with Crippen molar-refractivity contribution in [2.24, 2.45) is 0 Å². The van der Waals surface area contributed by atoms with E-state index >= 15 is 0 Å². The molecule has 8 heteroatoms. The fourth-order valence-corrected chi connectivity index (χ4v) is 5.93. The summed E-state index contributed by atoms with van der Waals surface area (Å²) >= 11 is 1.52. The molecule has 0 fully saturated rings. The second-order valence-electron chi connectivity index (χ2n) is 10.7. The van der Waals surface area contributed by atoms with Gasteiger partial charge in [0.25, 0.3) is 11.8 Å². The van der Waals surface area contributed by atoms with Crippen LogP contribution in [0.15, 0.2) is 102 Å². The summed E-state index contributed by atoms with van der Waals surface area (Å²) in [6, 6.07) is 30.3. The molecule has 0 radical (unpaired) electrons. The molecule has 0 bridgehead atoms. The van der Waals surface area contributed by atoms with Crippen molar-refractivity contribution >= 4 is 33.9 Å². The van der Waals surface area contributed by atoms with Gasteiger partial charge in [-0.15, -0.1) is 11.3 Å². The van der Waals surface area contributed by atoms with Crippen LogP contribution in [0.2, 0.25) is 0 Å². The van der Waals surface area contributed by atoms with E-state index in [-0.39, 0.29) is 11.8 Å². The molecular formula is C35H36N4O3S. The van der Waals surface area contributed by atoms with Gasteiger partial charge in [0.05, 0.1) is 18.7 Å². The van der Waals surface area contributed by atoms with Crippen molar-refractivity contribution < 1.29 is 14.7 Å². The van der Waals surface area contributed by atoms with Gasteiger partial charge in [-0.05, 0) is 53.4 Å². The zero-order chi connectivity index (χ0) is 30.2. The second-order valence-corrected chi connectivity index (χ2v) is 11.7. The molecule has 0 saturated heterocycles. The van der Waals surface area contributed by atoms with E-state index in [1.807, 2.05) is 60.8 Å². The number of benzene rings is 4. The molecule has 1 heterocycles. The van der Waals surface area contributed by atoms with Gasteiger partial charge in [-0.3, -0.25) is 9.59 Å². The lowest BCUT2D eigenvalue weighted by Gasteiger charge is -2.25. The summed E-state index contributed by atoms with van der Waals surface area (Å²) in [6.07, 6.45) is -0.394. The van der Waals surface area contributed by atoms with Gasteiger partial charge in [0.1, 0.15) is 5.01 Å². The van der Waals surface area contributed by atoms with E-state index in [4.69, 9.17) is 0 Å². The molecule has 2 atom stereocenters. The Labute approximate surface area is 256 Å². The van der Waals surface area contributed by atoms with Gasteiger partial charge in [-0.2, -0.15) is 0 Å². The van der Waals surface area contributed by atoms with E-state index in [1.54, 1.807) is 36.2 Å². The molecule has 220 valence electrons. The molecule has 1 aromatic heterocycles. The summed E-state index contributed by atoms with van der Waals surface area (Å²) in [7, 11) is 1.73. The lowest BCUT2D eigenvalue weighted by Crippen LogP contribution is -2.48. The fourth-order valence-electron chi connectivity index (χ4n) is 5.11. The van der Waals surface area contributed by atoms with E-state index in [0.29, 0.717) is 37.2 Å². The lowest BCUT2D eigenvalue weighted by molar-refractivity contribution is 0.0784. The van der Waals surface area contributed by atoms with Crippen molar-refractivity contribution in [1.29, 1.82) is 0 Å². The maximum absolute atomic E-state index is 13.5. The minimum atomic E-state index is -0.850. The van der Waals surface area contributed by atoms with E-state index in [2.05, 4.69) is 39.9 Å². The summed E-state index contributed by atoms with van der Waals surface area (Å²) in [5.41, 5.74) is 3.85. The normalized spacial score (nSPS) is 12.5. The first-order valence-electron chi connectivity index (χ1n) is 14.3. The predicted octanol–water partition coefficient (Wildman–Crippen LogP) is 5.37. The topological polar surface area (TPSA) is 94.6 Å². The number of aromatic nitrogens is 1. The largest absolute Gasteiger partial charge is 0.390 e. The van der Waals surface area contributed by atoms with Crippen LogP contribution in [-0.2, 0) is 19.5 Å². The molecule has 43 heavy (non-hydrogen) atoms. The van der Waals surface area contributed by atoms with Gasteiger partial charge in [-0.1, -0.05) is 78.9 Å². The van der Waals surface area contributed by atoms with Crippen molar-refractivity contribution in [2.75, 3.05) is 13.6 Å². The van der Waals surface area contributed by atoms with Crippen LogP contribution in [0.1, 0.15) is 42.5 Å². The van der Waals surface area contributed by atoms with Crippen molar-refractivity contribution in [3.8, 4) is 0 Å². The SMILES string of the molecule is Cc1csc(CN(C)C(=O)c2cccc(C(=O)N[C@@H](Cc3ccccc3)[C@H](O)CNCc3cccc4ccccc34)c2)n1. The number of aliphatic hydroxyl groups is 1. The lowest BCUT2D eigenvalue weighted by atomic mass is 10.00. The van der Waals surface area contributed by atoms with Gasteiger partial charge < -0.3 is 20.6 Å². The number of nitrogens with zero attached hydrogens (tertiary/aromatic N) is 2. The Morgan fingerprint density at radius 3 is 2.44 bits per heavy atom. The zero-order valence-corrected chi connectivity index (χ0v) is 25.2. The van der Waals surface area contributed by atoms with Gasteiger partial charge in [0.15, 0.2) is 0 Å². The third-order valence-corrected chi connectivity index (χ3v) is 8.34. The Hall–Kier alpha value is -4.37. The Kier molecular flexibility index (Phi) is 9.94. The predicted molar refractivity (Wildman–Crippen MR) is 172 cm³/mol. The van der Waals surface area contributed by atoms with Crippen LogP contribution in [0.3, 0.4) is 0 Å². The van der Waals surface area contributed by atoms with Crippen molar-refractivity contribution in [2.45, 2.75) is 38.6 Å². The molecule has 0 spiro atoms. The first-order chi connectivity index (χ1) is 20.9. The van der Waals surface area contributed by atoms with Gasteiger partial charge in [0, 0.05) is 42.3 Å². The highest BCUT2D eigenvalue weighted by Gasteiger charge is 2.23. The number of fused-ring (bicyclic) bond motifs is 1. The first kappa shape index (κ1) is 30.1. The number of carbonyl (C=O) groups is 2. The number of aliphatic hydroxyl groups excluding tert-OH is 1. The second kappa shape index (κ2) is 14.2. The third kappa shape index (κ3) is 7.93.